The topological polar surface area (TPSA) is 82.5 Å². The van der Waals surface area contributed by atoms with Gasteiger partial charge in [-0.3, -0.25) is 18.9 Å². The third kappa shape index (κ3) is 3.69. The largest absolute Gasteiger partial charge is 0.357 e. The van der Waals surface area contributed by atoms with Crippen molar-refractivity contribution in [2.45, 2.75) is 25.9 Å². The fourth-order valence-corrected chi connectivity index (χ4v) is 4.72. The zero-order valence-corrected chi connectivity index (χ0v) is 17.8. The molecular formula is C25H25N5O2. The molecule has 1 amide bonds. The van der Waals surface area contributed by atoms with Crippen molar-refractivity contribution in [2.75, 3.05) is 13.1 Å². The maximum atomic E-state index is 12.6. The van der Waals surface area contributed by atoms with Crippen LogP contribution in [0, 0.1) is 11.8 Å². The Balaban J connectivity index is 1.11. The standard InChI is InChI=1S/C25H25N5O2/c31-24-11-22(28-23-3-1-2-8-30(23)24)25(32)26-12-16-4-5-18-10-20(27-21(18)9-16)15-29-13-19(14-29)17-6-7-17/h1-5,8-11,17,19,27H,6-7,12-15H2,(H,26,32). The number of aromatic amines is 1. The van der Waals surface area contributed by atoms with Crippen LogP contribution in [0.5, 0.6) is 0 Å². The predicted octanol–water partition coefficient (Wildman–Crippen LogP) is 2.95. The van der Waals surface area contributed by atoms with Crippen molar-refractivity contribution < 1.29 is 4.79 Å². The number of H-pyrrole nitrogens is 1. The highest BCUT2D eigenvalue weighted by Crippen LogP contribution is 2.41. The molecule has 2 fully saturated rings. The number of hydrogen-bond donors (Lipinski definition) is 2. The van der Waals surface area contributed by atoms with Gasteiger partial charge >= 0.3 is 0 Å². The number of fused-ring (bicyclic) bond motifs is 2. The number of aromatic nitrogens is 3. The van der Waals surface area contributed by atoms with Crippen LogP contribution in [0.3, 0.4) is 0 Å². The molecule has 7 heteroatoms. The molecule has 0 radical (unpaired) electrons. The zero-order valence-electron chi connectivity index (χ0n) is 17.8. The summed E-state index contributed by atoms with van der Waals surface area (Å²) in [6.07, 6.45) is 4.50. The maximum Gasteiger partial charge on any atom is 0.270 e. The summed E-state index contributed by atoms with van der Waals surface area (Å²) in [6.45, 7) is 3.79. The molecule has 162 valence electrons. The molecule has 7 nitrogen and oxygen atoms in total. The molecule has 1 aliphatic heterocycles. The lowest BCUT2D eigenvalue weighted by atomic mass is 9.95. The van der Waals surface area contributed by atoms with Gasteiger partial charge < -0.3 is 10.3 Å². The molecule has 1 saturated carbocycles. The Labute approximate surface area is 185 Å². The number of pyridine rings is 1. The first kappa shape index (κ1) is 19.3. The van der Waals surface area contributed by atoms with Gasteiger partial charge in [0.2, 0.25) is 0 Å². The summed E-state index contributed by atoms with van der Waals surface area (Å²) < 4.78 is 1.42. The number of hydrogen-bond acceptors (Lipinski definition) is 4. The zero-order chi connectivity index (χ0) is 21.7. The van der Waals surface area contributed by atoms with Crippen LogP contribution in [0.2, 0.25) is 0 Å². The van der Waals surface area contributed by atoms with E-state index < -0.39 is 0 Å². The lowest BCUT2D eigenvalue weighted by molar-refractivity contribution is 0.0766. The van der Waals surface area contributed by atoms with E-state index in [4.69, 9.17) is 0 Å². The van der Waals surface area contributed by atoms with Crippen molar-refractivity contribution >= 4 is 22.5 Å². The first-order chi connectivity index (χ1) is 15.6. The molecule has 4 heterocycles. The van der Waals surface area contributed by atoms with Gasteiger partial charge in [0.05, 0.1) is 0 Å². The smallest absolute Gasteiger partial charge is 0.270 e. The van der Waals surface area contributed by atoms with Gasteiger partial charge in [0.15, 0.2) is 0 Å². The minimum Gasteiger partial charge on any atom is -0.357 e. The number of nitrogens with zero attached hydrogens (tertiary/aromatic N) is 3. The van der Waals surface area contributed by atoms with Crippen molar-refractivity contribution in [2.24, 2.45) is 11.8 Å². The molecule has 4 aromatic rings. The van der Waals surface area contributed by atoms with Crippen LogP contribution in [-0.4, -0.2) is 38.3 Å². The Kier molecular flexibility index (Phi) is 4.57. The molecular weight excluding hydrogens is 402 g/mol. The Morgan fingerprint density at radius 3 is 2.81 bits per heavy atom. The highest BCUT2D eigenvalue weighted by atomic mass is 16.2. The van der Waals surface area contributed by atoms with Crippen molar-refractivity contribution in [3.05, 3.63) is 82.0 Å². The van der Waals surface area contributed by atoms with Crippen LogP contribution in [0.1, 0.15) is 34.6 Å². The molecule has 0 atom stereocenters. The molecule has 0 unspecified atom stereocenters. The minimum absolute atomic E-state index is 0.128. The number of amides is 1. The van der Waals surface area contributed by atoms with Crippen LogP contribution in [0.15, 0.2) is 59.5 Å². The Morgan fingerprint density at radius 2 is 1.97 bits per heavy atom. The number of nitrogens with one attached hydrogen (secondary N) is 2. The number of carbonyl (C=O) groups is 1. The average Bonchev–Trinajstić information content (AvgIpc) is 3.52. The second-order valence-corrected chi connectivity index (χ2v) is 9.10. The molecule has 6 rings (SSSR count). The molecule has 3 aromatic heterocycles. The van der Waals surface area contributed by atoms with Crippen LogP contribution < -0.4 is 10.9 Å². The average molecular weight is 428 g/mol. The van der Waals surface area contributed by atoms with E-state index in [2.05, 4.69) is 38.4 Å². The third-order valence-electron chi connectivity index (χ3n) is 6.67. The van der Waals surface area contributed by atoms with Gasteiger partial charge in [-0.25, -0.2) is 4.98 Å². The molecule has 0 spiro atoms. The maximum absolute atomic E-state index is 12.6. The van der Waals surface area contributed by atoms with E-state index in [0.29, 0.717) is 12.2 Å². The first-order valence-corrected chi connectivity index (χ1v) is 11.2. The van der Waals surface area contributed by atoms with E-state index in [1.165, 1.54) is 47.5 Å². The summed E-state index contributed by atoms with van der Waals surface area (Å²) in [5, 5.41) is 4.06. The molecule has 1 aromatic carbocycles. The summed E-state index contributed by atoms with van der Waals surface area (Å²) in [7, 11) is 0. The predicted molar refractivity (Wildman–Crippen MR) is 122 cm³/mol. The van der Waals surface area contributed by atoms with E-state index in [1.807, 2.05) is 6.07 Å². The highest BCUT2D eigenvalue weighted by Gasteiger charge is 2.38. The van der Waals surface area contributed by atoms with E-state index in [9.17, 15) is 9.59 Å². The molecule has 1 saturated heterocycles. The first-order valence-electron chi connectivity index (χ1n) is 11.2. The molecule has 0 bridgehead atoms. The van der Waals surface area contributed by atoms with Crippen LogP contribution in [0.25, 0.3) is 16.6 Å². The fourth-order valence-electron chi connectivity index (χ4n) is 4.72. The second kappa shape index (κ2) is 7.60. The van der Waals surface area contributed by atoms with Crippen LogP contribution in [-0.2, 0) is 13.1 Å². The Hall–Kier alpha value is -3.45. The van der Waals surface area contributed by atoms with Crippen molar-refractivity contribution in [3.8, 4) is 0 Å². The van der Waals surface area contributed by atoms with E-state index in [1.54, 1.807) is 24.4 Å². The summed E-state index contributed by atoms with van der Waals surface area (Å²) in [4.78, 5) is 35.1. The fraction of sp³-hybridized carbons (Fsp3) is 0.320. The van der Waals surface area contributed by atoms with Crippen molar-refractivity contribution in [1.29, 1.82) is 0 Å². The van der Waals surface area contributed by atoms with Gasteiger partial charge in [-0.05, 0) is 59.9 Å². The van der Waals surface area contributed by atoms with Crippen LogP contribution >= 0.6 is 0 Å². The molecule has 32 heavy (non-hydrogen) atoms. The van der Waals surface area contributed by atoms with Gasteiger partial charge in [-0.1, -0.05) is 18.2 Å². The number of carbonyl (C=O) groups excluding carboxylic acids is 1. The third-order valence-corrected chi connectivity index (χ3v) is 6.67. The molecule has 1 aliphatic carbocycles. The van der Waals surface area contributed by atoms with Crippen molar-refractivity contribution in [1.82, 2.24) is 24.6 Å². The second-order valence-electron chi connectivity index (χ2n) is 9.10. The summed E-state index contributed by atoms with van der Waals surface area (Å²) in [5.41, 5.74) is 3.62. The number of likely N-dealkylation sites (tertiary alicyclic amines) is 1. The van der Waals surface area contributed by atoms with E-state index in [-0.39, 0.29) is 17.2 Å². The van der Waals surface area contributed by atoms with Gasteiger partial charge in [-0.15, -0.1) is 0 Å². The highest BCUT2D eigenvalue weighted by molar-refractivity contribution is 5.92. The Morgan fingerprint density at radius 1 is 1.09 bits per heavy atom. The Bertz CT molecular complexity index is 1380. The summed E-state index contributed by atoms with van der Waals surface area (Å²) in [6, 6.07) is 14.9. The normalized spacial score (nSPS) is 17.0. The van der Waals surface area contributed by atoms with Crippen molar-refractivity contribution in [3.63, 3.8) is 0 Å². The van der Waals surface area contributed by atoms with Gasteiger partial charge in [-0.2, -0.15) is 0 Å². The van der Waals surface area contributed by atoms with Crippen LogP contribution in [0.4, 0.5) is 0 Å². The summed E-state index contributed by atoms with van der Waals surface area (Å²) in [5.74, 6) is 1.56. The van der Waals surface area contributed by atoms with E-state index >= 15 is 0 Å². The van der Waals surface area contributed by atoms with E-state index in [0.717, 1.165) is 29.5 Å². The molecule has 2 N–H and O–H groups in total. The lowest BCUT2D eigenvalue weighted by Crippen LogP contribution is -2.46. The number of rotatable bonds is 6. The number of benzene rings is 1. The minimum atomic E-state index is -0.358. The lowest BCUT2D eigenvalue weighted by Gasteiger charge is -2.39. The van der Waals surface area contributed by atoms with Gasteiger partial charge in [0.1, 0.15) is 11.3 Å². The quantitative estimate of drug-likeness (QED) is 0.496. The van der Waals surface area contributed by atoms with Gasteiger partial charge in [0, 0.05) is 49.7 Å². The van der Waals surface area contributed by atoms with Gasteiger partial charge in [0.25, 0.3) is 11.5 Å². The SMILES string of the molecule is O=C(NCc1ccc2cc(CN3CC(C4CC4)C3)[nH]c2c1)c1cc(=O)n2ccccc2n1. The summed E-state index contributed by atoms with van der Waals surface area (Å²) >= 11 is 0. The molecule has 2 aliphatic rings. The monoisotopic (exact) mass is 427 g/mol.